The average Bonchev–Trinajstić information content (AvgIpc) is 3.63. The number of ether oxygens (including phenoxy) is 21. The van der Waals surface area contributed by atoms with Crippen molar-refractivity contribution in [2.45, 2.75) is 40.0 Å². The highest BCUT2D eigenvalue weighted by molar-refractivity contribution is 5.84. The lowest BCUT2D eigenvalue weighted by Crippen LogP contribution is -2.48. The predicted octanol–water partition coefficient (Wildman–Crippen LogP) is -0.646. The molecule has 0 aliphatic heterocycles. The fourth-order valence-corrected chi connectivity index (χ4v) is 6.57. The van der Waals surface area contributed by atoms with Crippen LogP contribution >= 0.6 is 0 Å². The number of carbonyl (C=O) groups excluding carboxylic acids is 5. The molecule has 0 atom stereocenters. The second kappa shape index (κ2) is 73.9. The Balaban J connectivity index is 3.77. The summed E-state index contributed by atoms with van der Waals surface area (Å²) >= 11 is 0. The van der Waals surface area contributed by atoms with Crippen LogP contribution in [-0.4, -0.2) is 351 Å². The van der Waals surface area contributed by atoms with E-state index < -0.39 is 0 Å². The molecule has 0 saturated heterocycles. The van der Waals surface area contributed by atoms with E-state index in [1.54, 1.807) is 0 Å². The number of carbonyl (C=O) groups is 5. The zero-order valence-electron chi connectivity index (χ0n) is 54.1. The second-order valence-electron chi connectivity index (χ2n) is 19.0. The van der Waals surface area contributed by atoms with Crippen LogP contribution in [0.25, 0.3) is 0 Å². The molecule has 0 aliphatic rings. The number of ketones is 2. The van der Waals surface area contributed by atoms with Gasteiger partial charge in [-0.3, -0.25) is 28.9 Å². The standard InChI is InChI=1S/C59H114N4O26/c1-4-10-69-13-7-60-57(66)52-63(53-58(67)61-8-14-72-18-22-76-26-30-80-34-38-84-42-46-88-50-48-86-44-40-82-36-32-78-28-24-74-20-16-70-11-5-55(2)64)54-59(68)62-9-15-73-19-23-77-27-31-81-35-39-85-43-47-89-51-49-87-45-41-83-37-33-79-29-25-75-21-17-71-12-6-56(3)65/h4-54H2,1-3H3,(H,60,66)(H,61,67)(H,62,68). The van der Waals surface area contributed by atoms with Gasteiger partial charge in [-0.05, 0) is 20.3 Å². The van der Waals surface area contributed by atoms with E-state index in [4.69, 9.17) is 99.5 Å². The van der Waals surface area contributed by atoms with E-state index in [2.05, 4.69) is 16.0 Å². The summed E-state index contributed by atoms with van der Waals surface area (Å²) in [5, 5.41) is 8.29. The van der Waals surface area contributed by atoms with Crippen molar-refractivity contribution in [2.24, 2.45) is 0 Å². The van der Waals surface area contributed by atoms with E-state index in [0.29, 0.717) is 284 Å². The Morgan fingerprint density at radius 1 is 0.225 bits per heavy atom. The third-order valence-corrected chi connectivity index (χ3v) is 11.0. The number of Topliss-reactive ketones (excluding diaryl/α,β-unsaturated/α-hetero) is 2. The Hall–Kier alpha value is -3.13. The largest absolute Gasteiger partial charge is 0.380 e. The van der Waals surface area contributed by atoms with Crippen LogP contribution in [0.1, 0.15) is 40.0 Å². The number of rotatable bonds is 77. The van der Waals surface area contributed by atoms with Gasteiger partial charge in [0.1, 0.15) is 11.6 Å². The highest BCUT2D eigenvalue weighted by Gasteiger charge is 2.18. The highest BCUT2D eigenvalue weighted by atomic mass is 16.6. The molecule has 0 aliphatic carbocycles. The van der Waals surface area contributed by atoms with Crippen LogP contribution in [0.4, 0.5) is 0 Å². The summed E-state index contributed by atoms with van der Waals surface area (Å²) in [6, 6.07) is 0. The van der Waals surface area contributed by atoms with Crippen molar-refractivity contribution in [3.05, 3.63) is 0 Å². The van der Waals surface area contributed by atoms with Crippen molar-refractivity contribution >= 4 is 29.3 Å². The monoisotopic (exact) mass is 1290 g/mol. The van der Waals surface area contributed by atoms with Gasteiger partial charge in [-0.1, -0.05) is 6.92 Å². The topological polar surface area (TPSA) is 319 Å². The normalized spacial score (nSPS) is 11.5. The Kier molecular flexibility index (Phi) is 71.3. The highest BCUT2D eigenvalue weighted by Crippen LogP contribution is 1.94. The summed E-state index contributed by atoms with van der Waals surface area (Å²) < 4.78 is 115. The smallest absolute Gasteiger partial charge is 0.234 e. The Morgan fingerprint density at radius 2 is 0.371 bits per heavy atom. The van der Waals surface area contributed by atoms with Crippen molar-refractivity contribution in [1.29, 1.82) is 0 Å². The van der Waals surface area contributed by atoms with Crippen LogP contribution in [0.2, 0.25) is 0 Å². The molecule has 0 bridgehead atoms. The van der Waals surface area contributed by atoms with Crippen molar-refractivity contribution in [1.82, 2.24) is 20.9 Å². The first-order chi connectivity index (χ1) is 43.7. The van der Waals surface area contributed by atoms with Gasteiger partial charge < -0.3 is 115 Å². The maximum atomic E-state index is 12.8. The summed E-state index contributed by atoms with van der Waals surface area (Å²) in [5.41, 5.74) is 0. The molecule has 30 nitrogen and oxygen atoms in total. The Labute approximate surface area is 529 Å². The fourth-order valence-electron chi connectivity index (χ4n) is 6.57. The third kappa shape index (κ3) is 75.5. The molecule has 0 unspecified atom stereocenters. The van der Waals surface area contributed by atoms with E-state index in [0.717, 1.165) is 6.42 Å². The van der Waals surface area contributed by atoms with E-state index in [-0.39, 0.29) is 75.2 Å². The van der Waals surface area contributed by atoms with E-state index in [9.17, 15) is 24.0 Å². The molecule has 0 aromatic rings. The third-order valence-electron chi connectivity index (χ3n) is 11.0. The molecule has 0 heterocycles. The van der Waals surface area contributed by atoms with Crippen LogP contribution in [0, 0.1) is 0 Å². The first-order valence-corrected chi connectivity index (χ1v) is 31.4. The lowest BCUT2D eigenvalue weighted by molar-refractivity contribution is -0.128. The molecule has 0 aromatic heterocycles. The average molecular weight is 1300 g/mol. The van der Waals surface area contributed by atoms with Crippen molar-refractivity contribution in [3.63, 3.8) is 0 Å². The van der Waals surface area contributed by atoms with Gasteiger partial charge >= 0.3 is 0 Å². The van der Waals surface area contributed by atoms with Gasteiger partial charge in [0.05, 0.1) is 291 Å². The first-order valence-electron chi connectivity index (χ1n) is 31.4. The van der Waals surface area contributed by atoms with Gasteiger partial charge in [0.15, 0.2) is 0 Å². The summed E-state index contributed by atoms with van der Waals surface area (Å²) in [6.45, 7) is 23.3. The second-order valence-corrected chi connectivity index (χ2v) is 19.0. The van der Waals surface area contributed by atoms with Crippen LogP contribution in [0.15, 0.2) is 0 Å². The summed E-state index contributed by atoms with van der Waals surface area (Å²) in [5.74, 6) is -0.847. The van der Waals surface area contributed by atoms with Crippen molar-refractivity contribution in [2.75, 3.05) is 317 Å². The predicted molar refractivity (Wildman–Crippen MR) is 324 cm³/mol. The number of hydrogen-bond donors (Lipinski definition) is 3. The molecular formula is C59H114N4O26. The molecule has 0 spiro atoms. The first kappa shape index (κ1) is 85.9. The minimum absolute atomic E-state index is 0.110. The molecule has 0 aromatic carbocycles. The quantitative estimate of drug-likeness (QED) is 0.0638. The minimum Gasteiger partial charge on any atom is -0.380 e. The number of nitrogens with zero attached hydrogens (tertiary/aromatic N) is 1. The Morgan fingerprint density at radius 3 is 0.528 bits per heavy atom. The summed E-state index contributed by atoms with van der Waals surface area (Å²) in [7, 11) is 0. The van der Waals surface area contributed by atoms with Crippen LogP contribution < -0.4 is 16.0 Å². The zero-order valence-corrected chi connectivity index (χ0v) is 54.1. The molecular weight excluding hydrogens is 1180 g/mol. The van der Waals surface area contributed by atoms with E-state index in [1.807, 2.05) is 6.92 Å². The van der Waals surface area contributed by atoms with Gasteiger partial charge in [0, 0.05) is 39.1 Å². The van der Waals surface area contributed by atoms with Gasteiger partial charge in [-0.25, -0.2) is 0 Å². The van der Waals surface area contributed by atoms with Crippen LogP contribution in [0.5, 0.6) is 0 Å². The van der Waals surface area contributed by atoms with Gasteiger partial charge in [0.2, 0.25) is 17.7 Å². The minimum atomic E-state index is -0.365. The molecule has 3 N–H and O–H groups in total. The summed E-state index contributed by atoms with van der Waals surface area (Å²) in [6.07, 6.45) is 1.71. The SMILES string of the molecule is CCCOCCNC(=O)CN(CC(=O)NCCOCCOCCOCCOCCOCCOCCOCCOCCOCCOCCC(C)=O)CC(=O)NCCOCCOCCOCCOCCOCCOCCOCCOCCOCCOCCC(C)=O. The zero-order chi connectivity index (χ0) is 64.5. The number of hydrogen-bond acceptors (Lipinski definition) is 27. The number of amides is 3. The molecule has 0 saturated carbocycles. The fraction of sp³-hybridized carbons (Fsp3) is 0.915. The molecule has 526 valence electrons. The van der Waals surface area contributed by atoms with Crippen LogP contribution in [0.3, 0.4) is 0 Å². The molecule has 89 heavy (non-hydrogen) atoms. The van der Waals surface area contributed by atoms with Crippen LogP contribution in [-0.2, 0) is 123 Å². The van der Waals surface area contributed by atoms with E-state index in [1.165, 1.54) is 18.7 Å². The molecule has 0 rings (SSSR count). The molecule has 0 fully saturated rings. The van der Waals surface area contributed by atoms with Gasteiger partial charge in [0.25, 0.3) is 0 Å². The molecule has 0 radical (unpaired) electrons. The van der Waals surface area contributed by atoms with Gasteiger partial charge in [-0.2, -0.15) is 0 Å². The maximum Gasteiger partial charge on any atom is 0.234 e. The maximum absolute atomic E-state index is 12.8. The molecule has 30 heteroatoms. The lowest BCUT2D eigenvalue weighted by Gasteiger charge is -2.21. The Bertz CT molecular complexity index is 1440. The van der Waals surface area contributed by atoms with E-state index >= 15 is 0 Å². The number of nitrogens with one attached hydrogen (secondary N) is 3. The summed E-state index contributed by atoms with van der Waals surface area (Å²) in [4.78, 5) is 61.4. The lowest BCUT2D eigenvalue weighted by atomic mass is 10.3. The molecule has 3 amide bonds. The van der Waals surface area contributed by atoms with Gasteiger partial charge in [-0.15, -0.1) is 0 Å². The van der Waals surface area contributed by atoms with Crippen molar-refractivity contribution in [3.8, 4) is 0 Å². The van der Waals surface area contributed by atoms with Crippen molar-refractivity contribution < 1.29 is 123 Å².